The van der Waals surface area contributed by atoms with Gasteiger partial charge in [-0.25, -0.2) is 8.78 Å². The molecule has 0 amide bonds. The lowest BCUT2D eigenvalue weighted by Gasteiger charge is -2.06. The second kappa shape index (κ2) is 4.52. The van der Waals surface area contributed by atoms with Crippen molar-refractivity contribution in [3.05, 3.63) is 57.5 Å². The highest BCUT2D eigenvalue weighted by Crippen LogP contribution is 2.32. The fourth-order valence-electron chi connectivity index (χ4n) is 1.43. The van der Waals surface area contributed by atoms with E-state index in [2.05, 4.69) is 15.9 Å². The summed E-state index contributed by atoms with van der Waals surface area (Å²) in [6.45, 7) is 0. The van der Waals surface area contributed by atoms with Crippen LogP contribution in [0.2, 0.25) is 5.02 Å². The average Bonchev–Trinajstić information content (AvgIpc) is 2.23. The van der Waals surface area contributed by atoms with E-state index in [1.165, 1.54) is 24.3 Å². The molecule has 0 N–H and O–H groups in total. The number of hydrogen-bond donors (Lipinski definition) is 0. The highest BCUT2D eigenvalue weighted by molar-refractivity contribution is 9.10. The van der Waals surface area contributed by atoms with Crippen LogP contribution < -0.4 is 0 Å². The maximum atomic E-state index is 13.5. The molecule has 82 valence electrons. The molecule has 2 rings (SSSR count). The molecule has 0 unspecified atom stereocenters. The van der Waals surface area contributed by atoms with E-state index in [1.807, 2.05) is 0 Å². The lowest BCUT2D eigenvalue weighted by molar-refractivity contribution is 0.619. The molecule has 0 fully saturated rings. The van der Waals surface area contributed by atoms with Gasteiger partial charge in [0.1, 0.15) is 11.6 Å². The van der Waals surface area contributed by atoms with E-state index in [0.29, 0.717) is 10.0 Å². The van der Waals surface area contributed by atoms with Crippen LogP contribution in [0.5, 0.6) is 0 Å². The van der Waals surface area contributed by atoms with Crippen LogP contribution in [0, 0.1) is 11.6 Å². The van der Waals surface area contributed by atoms with Gasteiger partial charge >= 0.3 is 0 Å². The Morgan fingerprint density at radius 1 is 1.00 bits per heavy atom. The summed E-state index contributed by atoms with van der Waals surface area (Å²) in [5.41, 5.74) is 0.638. The molecule has 0 radical (unpaired) electrons. The first-order valence-electron chi connectivity index (χ1n) is 4.49. The van der Waals surface area contributed by atoms with Gasteiger partial charge in [0, 0.05) is 5.56 Å². The van der Waals surface area contributed by atoms with Crippen LogP contribution in [0.3, 0.4) is 0 Å². The molecular formula is C12H6BrClF2. The monoisotopic (exact) mass is 302 g/mol. The summed E-state index contributed by atoms with van der Waals surface area (Å²) < 4.78 is 27.2. The van der Waals surface area contributed by atoms with E-state index in [4.69, 9.17) is 11.6 Å². The van der Waals surface area contributed by atoms with Crippen molar-refractivity contribution in [1.82, 2.24) is 0 Å². The van der Waals surface area contributed by atoms with Gasteiger partial charge in [-0.2, -0.15) is 0 Å². The largest absolute Gasteiger partial charge is 0.206 e. The Balaban J connectivity index is 2.63. The summed E-state index contributed by atoms with van der Waals surface area (Å²) in [6.07, 6.45) is 0. The van der Waals surface area contributed by atoms with Gasteiger partial charge in [0.25, 0.3) is 0 Å². The van der Waals surface area contributed by atoms with E-state index in [9.17, 15) is 8.78 Å². The predicted octanol–water partition coefficient (Wildman–Crippen LogP) is 5.05. The minimum Gasteiger partial charge on any atom is -0.206 e. The first kappa shape index (κ1) is 11.6. The highest BCUT2D eigenvalue weighted by atomic mass is 79.9. The summed E-state index contributed by atoms with van der Waals surface area (Å²) in [6, 6.07) is 8.75. The van der Waals surface area contributed by atoms with Crippen molar-refractivity contribution in [2.75, 3.05) is 0 Å². The van der Waals surface area contributed by atoms with Crippen molar-refractivity contribution in [2.45, 2.75) is 0 Å². The van der Waals surface area contributed by atoms with E-state index in [0.717, 1.165) is 0 Å². The first-order chi connectivity index (χ1) is 7.59. The maximum absolute atomic E-state index is 13.5. The molecule has 4 heteroatoms. The highest BCUT2D eigenvalue weighted by Gasteiger charge is 2.11. The molecule has 0 aliphatic rings. The SMILES string of the molecule is Fc1cc(-c2c(F)cccc2Cl)ccc1Br. The molecule has 0 saturated heterocycles. The zero-order valence-corrected chi connectivity index (χ0v) is 10.3. The minimum atomic E-state index is -0.464. The van der Waals surface area contributed by atoms with Gasteiger partial charge in [0.15, 0.2) is 0 Å². The maximum Gasteiger partial charge on any atom is 0.137 e. The standard InChI is InChI=1S/C12H6BrClF2/c13-8-5-4-7(6-11(8)16)12-9(14)2-1-3-10(12)15/h1-6H. The van der Waals surface area contributed by atoms with Crippen LogP contribution in [0.4, 0.5) is 8.78 Å². The van der Waals surface area contributed by atoms with Crippen molar-refractivity contribution in [3.63, 3.8) is 0 Å². The van der Waals surface area contributed by atoms with E-state index in [-0.39, 0.29) is 10.6 Å². The molecule has 16 heavy (non-hydrogen) atoms. The summed E-state index contributed by atoms with van der Waals surface area (Å²) >= 11 is 8.92. The van der Waals surface area contributed by atoms with Crippen LogP contribution in [0.1, 0.15) is 0 Å². The van der Waals surface area contributed by atoms with Crippen molar-refractivity contribution < 1.29 is 8.78 Å². The number of halogens is 4. The predicted molar refractivity (Wildman–Crippen MR) is 64.5 cm³/mol. The van der Waals surface area contributed by atoms with Crippen LogP contribution >= 0.6 is 27.5 Å². The summed E-state index contributed by atoms with van der Waals surface area (Å²) in [4.78, 5) is 0. The number of benzene rings is 2. The second-order valence-electron chi connectivity index (χ2n) is 3.23. The van der Waals surface area contributed by atoms with Crippen molar-refractivity contribution in [2.24, 2.45) is 0 Å². The first-order valence-corrected chi connectivity index (χ1v) is 5.66. The zero-order valence-electron chi connectivity index (χ0n) is 7.98. The molecule has 0 aliphatic carbocycles. The van der Waals surface area contributed by atoms with E-state index >= 15 is 0 Å². The summed E-state index contributed by atoms with van der Waals surface area (Å²) in [7, 11) is 0. The Bertz CT molecular complexity index is 520. The molecule has 2 aromatic rings. The Morgan fingerprint density at radius 3 is 2.38 bits per heavy atom. The van der Waals surface area contributed by atoms with Crippen molar-refractivity contribution in [1.29, 1.82) is 0 Å². The van der Waals surface area contributed by atoms with E-state index < -0.39 is 11.6 Å². The lowest BCUT2D eigenvalue weighted by Crippen LogP contribution is -1.87. The fraction of sp³-hybridized carbons (Fsp3) is 0. The molecule has 0 nitrogen and oxygen atoms in total. The summed E-state index contributed by atoms with van der Waals surface area (Å²) in [5.74, 6) is -0.911. The summed E-state index contributed by atoms with van der Waals surface area (Å²) in [5, 5.41) is 0.265. The number of hydrogen-bond acceptors (Lipinski definition) is 0. The van der Waals surface area contributed by atoms with Gasteiger partial charge in [0.2, 0.25) is 0 Å². The molecule has 0 spiro atoms. The minimum absolute atomic E-state index is 0.218. The average molecular weight is 304 g/mol. The third kappa shape index (κ3) is 2.11. The van der Waals surface area contributed by atoms with Crippen molar-refractivity contribution in [3.8, 4) is 11.1 Å². The Kier molecular flexibility index (Phi) is 3.26. The lowest BCUT2D eigenvalue weighted by atomic mass is 10.1. The Labute approximate surface area is 105 Å². The molecule has 0 aliphatic heterocycles. The molecule has 0 atom stereocenters. The molecule has 0 aromatic heterocycles. The molecule has 0 bridgehead atoms. The quantitative estimate of drug-likeness (QED) is 0.692. The second-order valence-corrected chi connectivity index (χ2v) is 4.49. The van der Waals surface area contributed by atoms with Gasteiger partial charge < -0.3 is 0 Å². The third-order valence-corrected chi connectivity index (χ3v) is 3.13. The zero-order chi connectivity index (χ0) is 11.7. The van der Waals surface area contributed by atoms with Crippen LogP contribution in [-0.4, -0.2) is 0 Å². The topological polar surface area (TPSA) is 0 Å². The smallest absolute Gasteiger partial charge is 0.137 e. The van der Waals surface area contributed by atoms with Gasteiger partial charge in [0.05, 0.1) is 9.50 Å². The number of rotatable bonds is 1. The van der Waals surface area contributed by atoms with Crippen LogP contribution in [0.25, 0.3) is 11.1 Å². The molecule has 0 heterocycles. The van der Waals surface area contributed by atoms with Crippen LogP contribution in [0.15, 0.2) is 40.9 Å². The Morgan fingerprint density at radius 2 is 1.75 bits per heavy atom. The fourth-order valence-corrected chi connectivity index (χ4v) is 1.94. The normalized spacial score (nSPS) is 10.5. The van der Waals surface area contributed by atoms with Gasteiger partial charge in [-0.05, 0) is 45.8 Å². The third-order valence-electron chi connectivity index (χ3n) is 2.17. The van der Waals surface area contributed by atoms with Gasteiger partial charge in [-0.1, -0.05) is 23.7 Å². The van der Waals surface area contributed by atoms with Crippen molar-refractivity contribution >= 4 is 27.5 Å². The van der Waals surface area contributed by atoms with Gasteiger partial charge in [-0.3, -0.25) is 0 Å². The molecule has 0 saturated carbocycles. The van der Waals surface area contributed by atoms with Gasteiger partial charge in [-0.15, -0.1) is 0 Å². The van der Waals surface area contributed by atoms with E-state index in [1.54, 1.807) is 12.1 Å². The Hall–Kier alpha value is -0.930. The van der Waals surface area contributed by atoms with Crippen LogP contribution in [-0.2, 0) is 0 Å². The molecular weight excluding hydrogens is 297 g/mol. The molecule has 2 aromatic carbocycles.